The second kappa shape index (κ2) is 10.5. The molecular weight excluding hydrogens is 514 g/mol. The minimum Gasteiger partial charge on any atom is -0.478 e. The topological polar surface area (TPSA) is 107 Å². The molecule has 40 heavy (non-hydrogen) atoms. The molecule has 2 heterocycles. The number of aromatic nitrogens is 1. The fourth-order valence-electron chi connectivity index (χ4n) is 4.92. The Bertz CT molecular complexity index is 1440. The van der Waals surface area contributed by atoms with Crippen molar-refractivity contribution in [3.8, 4) is 11.1 Å². The maximum absolute atomic E-state index is 14.9. The maximum atomic E-state index is 14.9. The van der Waals surface area contributed by atoms with Crippen LogP contribution in [0.5, 0.6) is 0 Å². The number of carboxylic acid groups (broad SMARTS) is 1. The highest BCUT2D eigenvalue weighted by molar-refractivity contribution is 6.56. The predicted molar refractivity (Wildman–Crippen MR) is 148 cm³/mol. The summed E-state index contributed by atoms with van der Waals surface area (Å²) in [7, 11) is -0.937. The molecule has 5 rings (SSSR count). The number of carboxylic acids is 1. The average molecular weight is 544 g/mol. The largest absolute Gasteiger partial charge is 0.492 e. The van der Waals surface area contributed by atoms with Gasteiger partial charge in [-0.25, -0.2) is 14.0 Å². The van der Waals surface area contributed by atoms with Crippen LogP contribution in [0.3, 0.4) is 0 Å². The molecule has 3 aromatic rings. The zero-order valence-electron chi connectivity index (χ0n) is 22.7. The van der Waals surface area contributed by atoms with Gasteiger partial charge < -0.3 is 24.5 Å². The number of halogens is 1. The molecule has 0 radical (unpaired) electrons. The Labute approximate surface area is 232 Å². The number of hydrogen-bond donors (Lipinski definition) is 2. The summed E-state index contributed by atoms with van der Waals surface area (Å²) >= 11 is 0. The van der Waals surface area contributed by atoms with Gasteiger partial charge in [-0.3, -0.25) is 4.98 Å². The van der Waals surface area contributed by atoms with E-state index in [9.17, 15) is 19.1 Å². The Hall–Kier alpha value is -4.02. The van der Waals surface area contributed by atoms with Gasteiger partial charge in [-0.2, -0.15) is 0 Å². The standard InChI is InChI=1S/C30H30BFN2O6/c1-29(2)30(3,4)40-31(39-29)18(15-25-26(32)23(27(35)36)13-14-33-25)16-34-28(37)38-17-24-21-11-7-5-9-19(21)20-10-6-8-12-22(20)24/h5-15,24H,16-17H2,1-4H3,(H,34,37)(H,35,36). The summed E-state index contributed by atoms with van der Waals surface area (Å²) in [5.74, 6) is -2.51. The predicted octanol–water partition coefficient (Wildman–Crippen LogP) is 5.47. The van der Waals surface area contributed by atoms with Gasteiger partial charge in [-0.15, -0.1) is 0 Å². The van der Waals surface area contributed by atoms with Gasteiger partial charge >= 0.3 is 19.2 Å². The first-order valence-corrected chi connectivity index (χ1v) is 13.0. The molecule has 1 amide bonds. The van der Waals surface area contributed by atoms with E-state index in [2.05, 4.69) is 22.4 Å². The SMILES string of the molecule is CC1(C)OB(C(=Cc2nccc(C(=O)O)c2F)CNC(=O)OCC2c3ccccc3-c3ccccc32)OC1(C)C. The van der Waals surface area contributed by atoms with Gasteiger partial charge in [0.25, 0.3) is 0 Å². The van der Waals surface area contributed by atoms with E-state index in [4.69, 9.17) is 14.0 Å². The van der Waals surface area contributed by atoms with Crippen molar-refractivity contribution in [1.29, 1.82) is 0 Å². The Kier molecular flexibility index (Phi) is 7.24. The number of carbonyl (C=O) groups excluding carboxylic acids is 1. The molecule has 1 fully saturated rings. The van der Waals surface area contributed by atoms with E-state index in [1.807, 2.05) is 64.1 Å². The van der Waals surface area contributed by atoms with Crippen LogP contribution in [0.4, 0.5) is 9.18 Å². The Morgan fingerprint density at radius 3 is 2.17 bits per heavy atom. The zero-order valence-corrected chi connectivity index (χ0v) is 22.7. The van der Waals surface area contributed by atoms with Crippen molar-refractivity contribution < 1.29 is 33.1 Å². The number of nitrogens with one attached hydrogen (secondary N) is 1. The first-order chi connectivity index (χ1) is 19.0. The number of benzene rings is 2. The molecule has 8 nitrogen and oxygen atoms in total. The lowest BCUT2D eigenvalue weighted by Gasteiger charge is -2.32. The van der Waals surface area contributed by atoms with Crippen LogP contribution in [0.15, 0.2) is 66.3 Å². The molecule has 2 aliphatic rings. The lowest BCUT2D eigenvalue weighted by Crippen LogP contribution is -2.41. The van der Waals surface area contributed by atoms with Crippen LogP contribution in [-0.4, -0.2) is 53.6 Å². The normalized spacial score (nSPS) is 17.3. The van der Waals surface area contributed by atoms with Gasteiger partial charge in [-0.05, 0) is 67.6 Å². The van der Waals surface area contributed by atoms with E-state index in [0.717, 1.165) is 28.3 Å². The van der Waals surface area contributed by atoms with Crippen molar-refractivity contribution in [2.45, 2.75) is 44.8 Å². The molecule has 10 heteroatoms. The molecule has 0 saturated carbocycles. The first kappa shape index (κ1) is 27.5. The van der Waals surface area contributed by atoms with Crippen molar-refractivity contribution in [2.24, 2.45) is 0 Å². The summed E-state index contributed by atoms with van der Waals surface area (Å²) in [5, 5.41) is 12.0. The van der Waals surface area contributed by atoms with Gasteiger partial charge in [0.15, 0.2) is 5.82 Å². The van der Waals surface area contributed by atoms with Crippen LogP contribution < -0.4 is 5.32 Å². The highest BCUT2D eigenvalue weighted by Gasteiger charge is 2.52. The summed E-state index contributed by atoms with van der Waals surface area (Å²) in [5.41, 5.74) is 2.65. The molecule has 206 valence electrons. The number of fused-ring (bicyclic) bond motifs is 3. The Morgan fingerprint density at radius 1 is 1.02 bits per heavy atom. The molecule has 1 saturated heterocycles. The summed E-state index contributed by atoms with van der Waals surface area (Å²) < 4.78 is 32.8. The van der Waals surface area contributed by atoms with Crippen molar-refractivity contribution >= 4 is 25.3 Å². The number of rotatable bonds is 7. The lowest BCUT2D eigenvalue weighted by molar-refractivity contribution is 0.00578. The van der Waals surface area contributed by atoms with E-state index in [0.29, 0.717) is 5.47 Å². The van der Waals surface area contributed by atoms with Gasteiger partial charge in [-0.1, -0.05) is 48.5 Å². The van der Waals surface area contributed by atoms with E-state index in [-0.39, 0.29) is 24.8 Å². The molecular formula is C30H30BFN2O6. The molecule has 2 N–H and O–H groups in total. The molecule has 0 bridgehead atoms. The summed E-state index contributed by atoms with van der Waals surface area (Å²) in [6.45, 7) is 7.50. The van der Waals surface area contributed by atoms with Crippen LogP contribution in [0, 0.1) is 5.82 Å². The molecule has 1 aromatic heterocycles. The number of nitrogens with zero attached hydrogens (tertiary/aromatic N) is 1. The second-order valence-corrected chi connectivity index (χ2v) is 10.8. The van der Waals surface area contributed by atoms with Crippen molar-refractivity contribution in [3.05, 3.63) is 94.5 Å². The van der Waals surface area contributed by atoms with E-state index < -0.39 is 41.8 Å². The number of ether oxygens (including phenoxy) is 1. The minimum absolute atomic E-state index is 0.103. The summed E-state index contributed by atoms with van der Waals surface area (Å²) in [6.07, 6.45) is 1.88. The quantitative estimate of drug-likeness (QED) is 0.380. The van der Waals surface area contributed by atoms with Crippen LogP contribution in [0.25, 0.3) is 17.2 Å². The molecule has 1 aliphatic heterocycles. The molecule has 0 spiro atoms. The van der Waals surface area contributed by atoms with E-state index >= 15 is 0 Å². The van der Waals surface area contributed by atoms with Crippen molar-refractivity contribution in [1.82, 2.24) is 10.3 Å². The minimum atomic E-state index is -1.41. The highest BCUT2D eigenvalue weighted by Crippen LogP contribution is 2.44. The third-order valence-electron chi connectivity index (χ3n) is 7.81. The summed E-state index contributed by atoms with van der Waals surface area (Å²) in [6, 6.07) is 17.2. The van der Waals surface area contributed by atoms with E-state index in [1.165, 1.54) is 12.3 Å². The fraction of sp³-hybridized carbons (Fsp3) is 0.300. The van der Waals surface area contributed by atoms with Crippen LogP contribution in [0.1, 0.15) is 60.8 Å². The monoisotopic (exact) mass is 544 g/mol. The number of carbonyl (C=O) groups is 2. The number of aromatic carboxylic acids is 1. The number of amides is 1. The first-order valence-electron chi connectivity index (χ1n) is 13.0. The lowest BCUT2D eigenvalue weighted by atomic mass is 9.77. The third-order valence-corrected chi connectivity index (χ3v) is 7.81. The van der Waals surface area contributed by atoms with Crippen molar-refractivity contribution in [2.75, 3.05) is 13.2 Å². The van der Waals surface area contributed by atoms with Gasteiger partial charge in [0.2, 0.25) is 0 Å². The smallest absolute Gasteiger partial charge is 0.478 e. The van der Waals surface area contributed by atoms with Gasteiger partial charge in [0, 0.05) is 18.7 Å². The number of pyridine rings is 1. The number of alkyl carbamates (subject to hydrolysis) is 1. The van der Waals surface area contributed by atoms with Gasteiger partial charge in [0.1, 0.15) is 6.61 Å². The zero-order chi connectivity index (χ0) is 28.7. The highest BCUT2D eigenvalue weighted by atomic mass is 19.1. The summed E-state index contributed by atoms with van der Waals surface area (Å²) in [4.78, 5) is 28.3. The van der Waals surface area contributed by atoms with Crippen LogP contribution in [0.2, 0.25) is 0 Å². The third kappa shape index (κ3) is 5.12. The maximum Gasteiger partial charge on any atom is 0.492 e. The average Bonchev–Trinajstić information content (AvgIpc) is 3.35. The van der Waals surface area contributed by atoms with E-state index in [1.54, 1.807) is 0 Å². The fourth-order valence-corrected chi connectivity index (χ4v) is 4.92. The Morgan fingerprint density at radius 2 is 1.60 bits per heavy atom. The molecule has 2 aromatic carbocycles. The molecule has 0 unspecified atom stereocenters. The molecule has 0 atom stereocenters. The van der Waals surface area contributed by atoms with Crippen molar-refractivity contribution in [3.63, 3.8) is 0 Å². The number of hydrogen-bond acceptors (Lipinski definition) is 6. The van der Waals surface area contributed by atoms with Gasteiger partial charge in [0.05, 0.1) is 22.5 Å². The van der Waals surface area contributed by atoms with Crippen LogP contribution in [-0.2, 0) is 14.0 Å². The second-order valence-electron chi connectivity index (χ2n) is 10.8. The molecule has 1 aliphatic carbocycles. The van der Waals surface area contributed by atoms with Crippen LogP contribution >= 0.6 is 0 Å². The Balaban J connectivity index is 1.34.